The van der Waals surface area contributed by atoms with Gasteiger partial charge in [0.2, 0.25) is 0 Å². The summed E-state index contributed by atoms with van der Waals surface area (Å²) in [5, 5.41) is 1.57. The highest BCUT2D eigenvalue weighted by molar-refractivity contribution is 7.51. The largest absolute Gasteiger partial charge is 0.469 e. The number of esters is 1. The fraction of sp³-hybridized carbons (Fsp3) is 0.381. The van der Waals surface area contributed by atoms with E-state index in [4.69, 9.17) is 9.16 Å². The number of hydrogen-bond acceptors (Lipinski definition) is 4. The van der Waals surface area contributed by atoms with Crippen LogP contribution in [0.1, 0.15) is 27.2 Å². The van der Waals surface area contributed by atoms with Crippen LogP contribution in [0.3, 0.4) is 0 Å². The Morgan fingerprint density at radius 3 is 1.79 bits per heavy atom. The molecule has 0 unspecified atom stereocenters. The molecule has 8 heteroatoms. The van der Waals surface area contributed by atoms with Gasteiger partial charge in [0.15, 0.2) is 0 Å². The van der Waals surface area contributed by atoms with Crippen molar-refractivity contribution in [2.45, 2.75) is 38.3 Å². The molecule has 0 amide bonds. The van der Waals surface area contributed by atoms with E-state index in [1.165, 1.54) is 7.11 Å². The molecule has 2 N–H and O–H groups in total. The lowest BCUT2D eigenvalue weighted by atomic mass is 10.2. The highest BCUT2D eigenvalue weighted by Gasteiger charge is 2.52. The van der Waals surface area contributed by atoms with Crippen LogP contribution in [-0.2, 0) is 18.5 Å². The van der Waals surface area contributed by atoms with E-state index >= 15 is 0 Å². The maximum absolute atomic E-state index is 12.0. The van der Waals surface area contributed by atoms with Crippen molar-refractivity contribution in [2.24, 2.45) is 0 Å². The monoisotopic (exact) mass is 436 g/mol. The summed E-state index contributed by atoms with van der Waals surface area (Å²) in [6.45, 7) is 6.18. The van der Waals surface area contributed by atoms with Crippen molar-refractivity contribution in [1.29, 1.82) is 0 Å². The van der Waals surface area contributed by atoms with Crippen molar-refractivity contribution in [3.8, 4) is 0 Å². The SMILES string of the molecule is COC(=O)C[C@@H](CP(=O)(O)O)O[Si](c1ccccc1)(c1ccccc1)C(C)(C)C. The quantitative estimate of drug-likeness (QED) is 0.376. The Morgan fingerprint density at radius 2 is 1.45 bits per heavy atom. The number of hydrogen-bond donors (Lipinski definition) is 2. The summed E-state index contributed by atoms with van der Waals surface area (Å²) in [6.07, 6.45) is -1.76. The lowest BCUT2D eigenvalue weighted by Gasteiger charge is -2.45. The van der Waals surface area contributed by atoms with Gasteiger partial charge in [-0.3, -0.25) is 9.36 Å². The molecule has 0 aliphatic heterocycles. The van der Waals surface area contributed by atoms with E-state index in [1.807, 2.05) is 60.7 Å². The number of rotatable bonds is 8. The van der Waals surface area contributed by atoms with E-state index in [9.17, 15) is 19.1 Å². The molecule has 2 aromatic carbocycles. The normalized spacial score (nSPS) is 13.7. The Kier molecular flexibility index (Phi) is 7.60. The number of carbonyl (C=O) groups excluding carboxylic acids is 1. The van der Waals surface area contributed by atoms with Gasteiger partial charge < -0.3 is 18.9 Å². The molecule has 6 nitrogen and oxygen atoms in total. The van der Waals surface area contributed by atoms with Crippen LogP contribution in [0.25, 0.3) is 0 Å². The van der Waals surface area contributed by atoms with Gasteiger partial charge in [0.1, 0.15) is 0 Å². The van der Waals surface area contributed by atoms with E-state index in [1.54, 1.807) is 0 Å². The highest BCUT2D eigenvalue weighted by atomic mass is 31.2. The van der Waals surface area contributed by atoms with Gasteiger partial charge in [-0.05, 0) is 15.4 Å². The summed E-state index contributed by atoms with van der Waals surface area (Å²) in [6, 6.07) is 19.5. The van der Waals surface area contributed by atoms with Crippen LogP contribution in [0.4, 0.5) is 0 Å². The highest BCUT2D eigenvalue weighted by Crippen LogP contribution is 2.41. The van der Waals surface area contributed by atoms with Crippen LogP contribution in [0.15, 0.2) is 60.7 Å². The molecule has 158 valence electrons. The third-order valence-electron chi connectivity index (χ3n) is 4.82. The standard InChI is InChI=1S/C21H29O6PSi/c1-21(2,3)29(18-11-7-5-8-12-18,19-13-9-6-10-14-19)27-17(15-20(22)26-4)16-28(23,24)25/h5-14,17H,15-16H2,1-4H3,(H2,23,24,25)/t17-/m0/s1. The van der Waals surface area contributed by atoms with Crippen molar-refractivity contribution in [3.05, 3.63) is 60.7 Å². The fourth-order valence-electron chi connectivity index (χ4n) is 3.62. The van der Waals surface area contributed by atoms with E-state index in [0.29, 0.717) is 0 Å². The molecule has 2 aromatic rings. The number of ether oxygens (including phenoxy) is 1. The topological polar surface area (TPSA) is 93.1 Å². The van der Waals surface area contributed by atoms with Gasteiger partial charge in [0, 0.05) is 0 Å². The van der Waals surface area contributed by atoms with E-state index in [-0.39, 0.29) is 11.5 Å². The lowest BCUT2D eigenvalue weighted by Crippen LogP contribution is -2.68. The van der Waals surface area contributed by atoms with Crippen molar-refractivity contribution >= 4 is 32.3 Å². The molecule has 1 atom stereocenters. The maximum Gasteiger partial charge on any atom is 0.328 e. The summed E-state index contributed by atoms with van der Waals surface area (Å²) in [4.78, 5) is 31.2. The van der Waals surface area contributed by atoms with E-state index < -0.39 is 34.1 Å². The Bertz CT molecular complexity index is 805. The van der Waals surface area contributed by atoms with Gasteiger partial charge in [0.05, 0.1) is 25.8 Å². The Morgan fingerprint density at radius 1 is 1.00 bits per heavy atom. The number of carbonyl (C=O) groups is 1. The molecule has 0 bridgehead atoms. The molecule has 0 spiro atoms. The predicted octanol–water partition coefficient (Wildman–Crippen LogP) is 2.67. The first-order chi connectivity index (χ1) is 13.5. The minimum atomic E-state index is -4.42. The second-order valence-corrected chi connectivity index (χ2v) is 14.0. The average molecular weight is 437 g/mol. The van der Waals surface area contributed by atoms with Gasteiger partial charge in [-0.2, -0.15) is 0 Å². The predicted molar refractivity (Wildman–Crippen MR) is 116 cm³/mol. The van der Waals surface area contributed by atoms with Crippen LogP contribution in [-0.4, -0.2) is 43.4 Å². The van der Waals surface area contributed by atoms with Crippen LogP contribution in [0.2, 0.25) is 5.04 Å². The molecule has 0 aliphatic carbocycles. The maximum atomic E-state index is 12.0. The molecule has 2 rings (SSSR count). The molecular formula is C21H29O6PSi. The first-order valence-corrected chi connectivity index (χ1v) is 13.1. The molecule has 0 fully saturated rings. The van der Waals surface area contributed by atoms with Gasteiger partial charge >= 0.3 is 13.6 Å². The molecule has 0 aliphatic rings. The van der Waals surface area contributed by atoms with E-state index in [0.717, 1.165) is 10.4 Å². The Hall–Kier alpha value is -1.76. The Balaban J connectivity index is 2.67. The zero-order chi connectivity index (χ0) is 21.7. The van der Waals surface area contributed by atoms with Crippen LogP contribution in [0.5, 0.6) is 0 Å². The summed E-state index contributed by atoms with van der Waals surface area (Å²) >= 11 is 0. The second-order valence-electron chi connectivity index (χ2n) is 8.03. The van der Waals surface area contributed by atoms with Gasteiger partial charge in [-0.25, -0.2) is 0 Å². The minimum Gasteiger partial charge on any atom is -0.469 e. The first-order valence-electron chi connectivity index (χ1n) is 9.40. The van der Waals surface area contributed by atoms with Crippen LogP contribution in [0, 0.1) is 0 Å². The molecule has 0 saturated carbocycles. The van der Waals surface area contributed by atoms with Crippen molar-refractivity contribution in [3.63, 3.8) is 0 Å². The third-order valence-corrected chi connectivity index (χ3v) is 10.8. The molecule has 0 aromatic heterocycles. The molecular weight excluding hydrogens is 407 g/mol. The minimum absolute atomic E-state index is 0.230. The number of benzene rings is 2. The summed E-state index contributed by atoms with van der Waals surface area (Å²) in [5.41, 5.74) is 0. The van der Waals surface area contributed by atoms with E-state index in [2.05, 4.69) is 20.8 Å². The van der Waals surface area contributed by atoms with Gasteiger partial charge in [0.25, 0.3) is 8.32 Å². The fourth-order valence-corrected chi connectivity index (χ4v) is 9.18. The van der Waals surface area contributed by atoms with Crippen molar-refractivity contribution < 1.29 is 28.3 Å². The summed E-state index contributed by atoms with van der Waals surface area (Å²) in [5.74, 6) is -0.568. The summed E-state index contributed by atoms with van der Waals surface area (Å²) < 4.78 is 23.2. The average Bonchev–Trinajstić information content (AvgIpc) is 2.65. The molecule has 0 saturated heterocycles. The van der Waals surface area contributed by atoms with Gasteiger partial charge in [-0.1, -0.05) is 81.4 Å². The smallest absolute Gasteiger partial charge is 0.328 e. The molecule has 29 heavy (non-hydrogen) atoms. The van der Waals surface area contributed by atoms with Crippen LogP contribution < -0.4 is 10.4 Å². The van der Waals surface area contributed by atoms with Crippen molar-refractivity contribution in [2.75, 3.05) is 13.3 Å². The molecule has 0 heterocycles. The first kappa shape index (κ1) is 23.5. The zero-order valence-corrected chi connectivity index (χ0v) is 19.1. The van der Waals surface area contributed by atoms with Crippen molar-refractivity contribution in [1.82, 2.24) is 0 Å². The van der Waals surface area contributed by atoms with Crippen LogP contribution >= 0.6 is 7.60 Å². The Labute approximate surface area is 173 Å². The molecule has 0 radical (unpaired) electrons. The third kappa shape index (κ3) is 5.87. The van der Waals surface area contributed by atoms with Gasteiger partial charge in [-0.15, -0.1) is 0 Å². The lowest BCUT2D eigenvalue weighted by molar-refractivity contribution is -0.142. The number of methoxy groups -OCH3 is 1. The zero-order valence-electron chi connectivity index (χ0n) is 17.2. The summed E-state index contributed by atoms with van der Waals surface area (Å²) in [7, 11) is -6.21. The second kappa shape index (κ2) is 9.37.